The Morgan fingerprint density at radius 1 is 0.708 bits per heavy atom. The highest BCUT2D eigenvalue weighted by molar-refractivity contribution is 7.87. The summed E-state index contributed by atoms with van der Waals surface area (Å²) in [5.41, 5.74) is 0. The van der Waals surface area contributed by atoms with Crippen LogP contribution in [0.25, 0.3) is 0 Å². The standard InChI is InChI=1S/C18H22O5S/c1-13(2)21-15-5-7-16(8-6-15)22-17-9-11-18(12-10-17)23-24(19,20)14(3)4/h5-14H,1-4H3. The van der Waals surface area contributed by atoms with E-state index in [1.807, 2.05) is 38.1 Å². The lowest BCUT2D eigenvalue weighted by Gasteiger charge is -2.12. The third-order valence-electron chi connectivity index (χ3n) is 3.04. The van der Waals surface area contributed by atoms with Gasteiger partial charge in [0.25, 0.3) is 0 Å². The monoisotopic (exact) mass is 350 g/mol. The molecule has 0 spiro atoms. The maximum atomic E-state index is 11.7. The fraction of sp³-hybridized carbons (Fsp3) is 0.333. The molecule has 0 aliphatic carbocycles. The van der Waals surface area contributed by atoms with Gasteiger partial charge in [0.2, 0.25) is 0 Å². The van der Waals surface area contributed by atoms with Crippen LogP contribution >= 0.6 is 0 Å². The molecular formula is C18H22O5S. The van der Waals surface area contributed by atoms with Gasteiger partial charge in [-0.05, 0) is 76.2 Å². The van der Waals surface area contributed by atoms with Crippen molar-refractivity contribution in [2.45, 2.75) is 39.0 Å². The first-order valence-corrected chi connectivity index (χ1v) is 9.21. The van der Waals surface area contributed by atoms with Crippen LogP contribution in [0.5, 0.6) is 23.0 Å². The molecule has 0 aromatic heterocycles. The molecule has 0 N–H and O–H groups in total. The number of hydrogen-bond donors (Lipinski definition) is 0. The van der Waals surface area contributed by atoms with E-state index in [0.717, 1.165) is 5.75 Å². The van der Waals surface area contributed by atoms with Gasteiger partial charge in [0, 0.05) is 0 Å². The van der Waals surface area contributed by atoms with Crippen LogP contribution in [0.3, 0.4) is 0 Å². The zero-order valence-corrected chi connectivity index (χ0v) is 15.0. The zero-order valence-electron chi connectivity index (χ0n) is 14.2. The Labute approximate surface area is 143 Å². The van der Waals surface area contributed by atoms with Crippen molar-refractivity contribution >= 4 is 10.1 Å². The Morgan fingerprint density at radius 3 is 1.54 bits per heavy atom. The molecule has 2 aromatic carbocycles. The summed E-state index contributed by atoms with van der Waals surface area (Å²) >= 11 is 0. The van der Waals surface area contributed by atoms with Crippen molar-refractivity contribution in [2.75, 3.05) is 0 Å². The fourth-order valence-electron chi connectivity index (χ4n) is 1.79. The molecule has 2 rings (SSSR count). The summed E-state index contributed by atoms with van der Waals surface area (Å²) < 4.78 is 39.7. The smallest absolute Gasteiger partial charge is 0.311 e. The predicted molar refractivity (Wildman–Crippen MR) is 93.4 cm³/mol. The fourth-order valence-corrected chi connectivity index (χ4v) is 2.36. The topological polar surface area (TPSA) is 61.8 Å². The van der Waals surface area contributed by atoms with Gasteiger partial charge in [0.05, 0.1) is 11.4 Å². The largest absolute Gasteiger partial charge is 0.491 e. The van der Waals surface area contributed by atoms with Gasteiger partial charge in [0.15, 0.2) is 0 Å². The molecule has 0 heterocycles. The average Bonchev–Trinajstić information content (AvgIpc) is 2.50. The zero-order chi connectivity index (χ0) is 17.7. The van der Waals surface area contributed by atoms with E-state index in [1.165, 1.54) is 0 Å². The third kappa shape index (κ3) is 5.16. The van der Waals surface area contributed by atoms with Crippen molar-refractivity contribution in [3.8, 4) is 23.0 Å². The molecule has 0 saturated heterocycles. The van der Waals surface area contributed by atoms with Gasteiger partial charge in [-0.15, -0.1) is 0 Å². The molecule has 2 aromatic rings. The van der Waals surface area contributed by atoms with E-state index in [4.69, 9.17) is 13.7 Å². The first-order chi connectivity index (χ1) is 11.3. The molecule has 0 atom stereocenters. The lowest BCUT2D eigenvalue weighted by molar-refractivity contribution is 0.242. The molecule has 5 nitrogen and oxygen atoms in total. The quantitative estimate of drug-likeness (QED) is 0.693. The van der Waals surface area contributed by atoms with Gasteiger partial charge in [-0.3, -0.25) is 0 Å². The minimum atomic E-state index is -3.59. The summed E-state index contributed by atoms with van der Waals surface area (Å²) in [5.74, 6) is 2.29. The van der Waals surface area contributed by atoms with Crippen LogP contribution in [0.4, 0.5) is 0 Å². The van der Waals surface area contributed by atoms with Crippen LogP contribution in [0, 0.1) is 0 Å². The van der Waals surface area contributed by atoms with E-state index in [2.05, 4.69) is 0 Å². The third-order valence-corrected chi connectivity index (χ3v) is 4.62. The minimum Gasteiger partial charge on any atom is -0.491 e. The van der Waals surface area contributed by atoms with Crippen LogP contribution in [0.15, 0.2) is 48.5 Å². The van der Waals surface area contributed by atoms with Crippen molar-refractivity contribution in [3.05, 3.63) is 48.5 Å². The maximum Gasteiger partial charge on any atom is 0.311 e. The molecule has 0 amide bonds. The number of rotatable bonds is 7. The van der Waals surface area contributed by atoms with Gasteiger partial charge < -0.3 is 13.7 Å². The SMILES string of the molecule is CC(C)Oc1ccc(Oc2ccc(OS(=O)(=O)C(C)C)cc2)cc1. The summed E-state index contributed by atoms with van der Waals surface area (Å²) in [7, 11) is -3.59. The van der Waals surface area contributed by atoms with Crippen LogP contribution < -0.4 is 13.7 Å². The second-order valence-corrected chi connectivity index (χ2v) is 7.93. The molecule has 0 saturated carbocycles. The first-order valence-electron chi connectivity index (χ1n) is 7.74. The Morgan fingerprint density at radius 2 is 1.12 bits per heavy atom. The van der Waals surface area contributed by atoms with Crippen molar-refractivity contribution in [3.63, 3.8) is 0 Å². The molecule has 0 aliphatic heterocycles. The van der Waals surface area contributed by atoms with Crippen molar-refractivity contribution in [1.82, 2.24) is 0 Å². The molecule has 0 fully saturated rings. The average molecular weight is 350 g/mol. The Bertz CT molecular complexity index is 747. The Balaban J connectivity index is 2.01. The van der Waals surface area contributed by atoms with Crippen LogP contribution in [-0.2, 0) is 10.1 Å². The summed E-state index contributed by atoms with van der Waals surface area (Å²) in [6.45, 7) is 7.07. The van der Waals surface area contributed by atoms with Crippen molar-refractivity contribution in [2.24, 2.45) is 0 Å². The van der Waals surface area contributed by atoms with Gasteiger partial charge in [-0.1, -0.05) is 0 Å². The number of benzene rings is 2. The van der Waals surface area contributed by atoms with Crippen LogP contribution in [-0.4, -0.2) is 19.8 Å². The summed E-state index contributed by atoms with van der Waals surface area (Å²) in [5, 5.41) is -0.597. The normalized spacial score (nSPS) is 11.6. The molecule has 0 unspecified atom stereocenters. The highest BCUT2D eigenvalue weighted by atomic mass is 32.2. The molecule has 24 heavy (non-hydrogen) atoms. The molecule has 6 heteroatoms. The van der Waals surface area contributed by atoms with Crippen LogP contribution in [0.2, 0.25) is 0 Å². The summed E-state index contributed by atoms with van der Waals surface area (Å²) in [4.78, 5) is 0. The van der Waals surface area contributed by atoms with Gasteiger partial charge in [0.1, 0.15) is 23.0 Å². The van der Waals surface area contributed by atoms with E-state index >= 15 is 0 Å². The highest BCUT2D eigenvalue weighted by Crippen LogP contribution is 2.26. The summed E-state index contributed by atoms with van der Waals surface area (Å²) in [6, 6.07) is 13.7. The van der Waals surface area contributed by atoms with E-state index in [1.54, 1.807) is 38.1 Å². The molecule has 130 valence electrons. The Kier molecular flexibility index (Phi) is 5.72. The van der Waals surface area contributed by atoms with Gasteiger partial charge in [-0.2, -0.15) is 8.42 Å². The maximum absolute atomic E-state index is 11.7. The lowest BCUT2D eigenvalue weighted by atomic mass is 10.3. The van der Waals surface area contributed by atoms with E-state index < -0.39 is 15.4 Å². The second-order valence-electron chi connectivity index (χ2n) is 5.84. The summed E-state index contributed by atoms with van der Waals surface area (Å²) in [6.07, 6.45) is 0.117. The predicted octanol–water partition coefficient (Wildman–Crippen LogP) is 4.38. The second kappa shape index (κ2) is 7.57. The van der Waals surface area contributed by atoms with E-state index in [9.17, 15) is 8.42 Å². The number of hydrogen-bond acceptors (Lipinski definition) is 5. The van der Waals surface area contributed by atoms with Gasteiger partial charge in [-0.25, -0.2) is 0 Å². The van der Waals surface area contributed by atoms with Crippen molar-refractivity contribution < 1.29 is 22.1 Å². The number of ether oxygens (including phenoxy) is 2. The molecular weight excluding hydrogens is 328 g/mol. The van der Waals surface area contributed by atoms with E-state index in [-0.39, 0.29) is 11.9 Å². The molecule has 0 aliphatic rings. The Hall–Kier alpha value is -2.21. The van der Waals surface area contributed by atoms with E-state index in [0.29, 0.717) is 11.5 Å². The van der Waals surface area contributed by atoms with Crippen LogP contribution in [0.1, 0.15) is 27.7 Å². The lowest BCUT2D eigenvalue weighted by Crippen LogP contribution is -2.19. The minimum absolute atomic E-state index is 0.117. The van der Waals surface area contributed by atoms with Crippen molar-refractivity contribution in [1.29, 1.82) is 0 Å². The molecule has 0 bridgehead atoms. The van der Waals surface area contributed by atoms with Gasteiger partial charge >= 0.3 is 10.1 Å². The first kappa shape index (κ1) is 18.1. The highest BCUT2D eigenvalue weighted by Gasteiger charge is 2.17. The molecule has 0 radical (unpaired) electrons.